The van der Waals surface area contributed by atoms with Crippen LogP contribution in [0.25, 0.3) is 0 Å². The van der Waals surface area contributed by atoms with Gasteiger partial charge in [-0.2, -0.15) is 13.2 Å². The van der Waals surface area contributed by atoms with Crippen LogP contribution in [0, 0.1) is 6.92 Å². The summed E-state index contributed by atoms with van der Waals surface area (Å²) in [6, 6.07) is 0. The van der Waals surface area contributed by atoms with Gasteiger partial charge >= 0.3 is 12.1 Å². The molecule has 0 radical (unpaired) electrons. The Morgan fingerprint density at radius 2 is 2.08 bits per heavy atom. The molecule has 0 bridgehead atoms. The van der Waals surface area contributed by atoms with Crippen LogP contribution in [-0.4, -0.2) is 16.2 Å². The average molecular weight is 195 g/mol. The number of aromatic nitrogens is 1. The highest BCUT2D eigenvalue weighted by atomic mass is 19.4. The van der Waals surface area contributed by atoms with Crippen LogP contribution >= 0.6 is 0 Å². The predicted molar refractivity (Wildman–Crippen MR) is 33.2 cm³/mol. The Bertz CT molecular complexity index is 341. The largest absolute Gasteiger partial charge is 0.477 e. The number of hydrogen-bond acceptors (Lipinski definition) is 3. The van der Waals surface area contributed by atoms with Gasteiger partial charge in [0.1, 0.15) is 11.3 Å². The summed E-state index contributed by atoms with van der Waals surface area (Å²) >= 11 is 0. The lowest BCUT2D eigenvalue weighted by atomic mass is 10.2. The second-order valence-corrected chi connectivity index (χ2v) is 2.27. The zero-order valence-electron chi connectivity index (χ0n) is 6.34. The maximum Gasteiger partial charge on any atom is 0.437 e. The molecule has 4 nitrogen and oxygen atoms in total. The van der Waals surface area contributed by atoms with E-state index in [9.17, 15) is 18.0 Å². The van der Waals surface area contributed by atoms with Gasteiger partial charge in [-0.1, -0.05) is 5.16 Å². The number of alkyl halides is 3. The van der Waals surface area contributed by atoms with Crippen molar-refractivity contribution < 1.29 is 27.6 Å². The van der Waals surface area contributed by atoms with Crippen molar-refractivity contribution in [1.82, 2.24) is 5.16 Å². The SMILES string of the molecule is Cc1onc(C(F)(F)F)c1C(=O)O. The molecule has 0 aliphatic carbocycles. The molecule has 1 heterocycles. The minimum atomic E-state index is -4.80. The first-order valence-electron chi connectivity index (χ1n) is 3.10. The van der Waals surface area contributed by atoms with Gasteiger partial charge in [0.05, 0.1) is 0 Å². The van der Waals surface area contributed by atoms with Crippen LogP contribution in [0.3, 0.4) is 0 Å². The fourth-order valence-electron chi connectivity index (χ4n) is 0.818. The van der Waals surface area contributed by atoms with Gasteiger partial charge in [-0.15, -0.1) is 0 Å². The zero-order valence-corrected chi connectivity index (χ0v) is 6.34. The summed E-state index contributed by atoms with van der Waals surface area (Å²) in [6.07, 6.45) is -4.80. The third-order valence-corrected chi connectivity index (χ3v) is 1.35. The standard InChI is InChI=1S/C6H4F3NO3/c1-2-3(5(11)12)4(10-13-2)6(7,8)9/h1H3,(H,11,12). The number of carboxylic acids is 1. The van der Waals surface area contributed by atoms with Gasteiger partial charge in [-0.05, 0) is 6.92 Å². The lowest BCUT2D eigenvalue weighted by Gasteiger charge is -2.01. The van der Waals surface area contributed by atoms with Crippen molar-refractivity contribution in [2.24, 2.45) is 0 Å². The van der Waals surface area contributed by atoms with Crippen molar-refractivity contribution in [2.75, 3.05) is 0 Å². The number of aryl methyl sites for hydroxylation is 1. The quantitative estimate of drug-likeness (QED) is 0.740. The van der Waals surface area contributed by atoms with Crippen molar-refractivity contribution in [3.05, 3.63) is 17.0 Å². The van der Waals surface area contributed by atoms with E-state index in [-0.39, 0.29) is 5.76 Å². The Kier molecular flexibility index (Phi) is 2.02. The molecule has 0 aliphatic rings. The van der Waals surface area contributed by atoms with Crippen LogP contribution < -0.4 is 0 Å². The molecule has 0 aromatic carbocycles. The summed E-state index contributed by atoms with van der Waals surface area (Å²) in [4.78, 5) is 10.4. The molecule has 1 aromatic rings. The number of carboxylic acid groups (broad SMARTS) is 1. The Hall–Kier alpha value is -1.53. The molecular weight excluding hydrogens is 191 g/mol. The van der Waals surface area contributed by atoms with E-state index < -0.39 is 23.4 Å². The van der Waals surface area contributed by atoms with E-state index in [0.717, 1.165) is 6.92 Å². The lowest BCUT2D eigenvalue weighted by molar-refractivity contribution is -0.143. The van der Waals surface area contributed by atoms with E-state index in [1.54, 1.807) is 0 Å². The summed E-state index contributed by atoms with van der Waals surface area (Å²) in [6.45, 7) is 1.10. The first kappa shape index (κ1) is 9.56. The monoisotopic (exact) mass is 195 g/mol. The molecule has 72 valence electrons. The van der Waals surface area contributed by atoms with Crippen molar-refractivity contribution in [3.8, 4) is 0 Å². The van der Waals surface area contributed by atoms with E-state index >= 15 is 0 Å². The molecule has 0 atom stereocenters. The summed E-state index contributed by atoms with van der Waals surface area (Å²) in [5, 5.41) is 11.0. The van der Waals surface area contributed by atoms with E-state index in [0.29, 0.717) is 0 Å². The van der Waals surface area contributed by atoms with Gasteiger partial charge in [-0.25, -0.2) is 4.79 Å². The van der Waals surface area contributed by atoms with Gasteiger partial charge in [-0.3, -0.25) is 0 Å². The van der Waals surface area contributed by atoms with E-state index in [2.05, 4.69) is 9.68 Å². The van der Waals surface area contributed by atoms with Crippen molar-refractivity contribution in [3.63, 3.8) is 0 Å². The fraction of sp³-hybridized carbons (Fsp3) is 0.333. The number of hydrogen-bond donors (Lipinski definition) is 1. The van der Waals surface area contributed by atoms with E-state index in [4.69, 9.17) is 5.11 Å². The van der Waals surface area contributed by atoms with Gasteiger partial charge in [0.15, 0.2) is 0 Å². The summed E-state index contributed by atoms with van der Waals surface area (Å²) in [5.74, 6) is -2.06. The molecule has 0 spiro atoms. The highest BCUT2D eigenvalue weighted by Gasteiger charge is 2.40. The van der Waals surface area contributed by atoms with E-state index in [1.165, 1.54) is 0 Å². The maximum atomic E-state index is 12.0. The molecule has 1 aromatic heterocycles. The van der Waals surface area contributed by atoms with Gasteiger partial charge in [0.2, 0.25) is 5.69 Å². The first-order valence-corrected chi connectivity index (χ1v) is 3.10. The van der Waals surface area contributed by atoms with Gasteiger partial charge < -0.3 is 9.63 Å². The van der Waals surface area contributed by atoms with Crippen LogP contribution in [0.4, 0.5) is 13.2 Å². The summed E-state index contributed by atoms with van der Waals surface area (Å²) < 4.78 is 40.2. The van der Waals surface area contributed by atoms with Gasteiger partial charge in [0.25, 0.3) is 0 Å². The fourth-order valence-corrected chi connectivity index (χ4v) is 0.818. The molecule has 0 amide bonds. The van der Waals surface area contributed by atoms with Crippen molar-refractivity contribution >= 4 is 5.97 Å². The van der Waals surface area contributed by atoms with Gasteiger partial charge in [0, 0.05) is 0 Å². The maximum absolute atomic E-state index is 12.0. The number of carbonyl (C=O) groups is 1. The second-order valence-electron chi connectivity index (χ2n) is 2.27. The van der Waals surface area contributed by atoms with Crippen LogP contribution in [0.15, 0.2) is 4.52 Å². The molecule has 0 fully saturated rings. The molecule has 1 rings (SSSR count). The van der Waals surface area contributed by atoms with Crippen LogP contribution in [-0.2, 0) is 6.18 Å². The predicted octanol–water partition coefficient (Wildman–Crippen LogP) is 1.70. The molecule has 0 saturated heterocycles. The summed E-state index contributed by atoms with van der Waals surface area (Å²) in [5.41, 5.74) is -2.44. The highest BCUT2D eigenvalue weighted by Crippen LogP contribution is 2.32. The number of halogens is 3. The number of aromatic carboxylic acids is 1. The second kappa shape index (κ2) is 2.75. The minimum Gasteiger partial charge on any atom is -0.477 e. The minimum absolute atomic E-state index is 0.361. The van der Waals surface area contributed by atoms with E-state index in [1.807, 2.05) is 0 Å². The number of rotatable bonds is 1. The molecule has 0 saturated carbocycles. The first-order chi connectivity index (χ1) is 5.84. The average Bonchev–Trinajstić information content (AvgIpc) is 2.28. The van der Waals surface area contributed by atoms with Crippen LogP contribution in [0.5, 0.6) is 0 Å². The van der Waals surface area contributed by atoms with Crippen LogP contribution in [0.1, 0.15) is 21.8 Å². The Labute approximate surface area is 69.9 Å². The Morgan fingerprint density at radius 3 is 2.38 bits per heavy atom. The molecule has 0 aliphatic heterocycles. The molecule has 7 heteroatoms. The molecule has 0 unspecified atom stereocenters. The Balaban J connectivity index is 3.31. The highest BCUT2D eigenvalue weighted by molar-refractivity contribution is 5.90. The lowest BCUT2D eigenvalue weighted by Crippen LogP contribution is -2.12. The normalized spacial score (nSPS) is 11.7. The zero-order chi connectivity index (χ0) is 10.2. The van der Waals surface area contributed by atoms with Crippen molar-refractivity contribution in [1.29, 1.82) is 0 Å². The number of nitrogens with zero attached hydrogens (tertiary/aromatic N) is 1. The molecule has 13 heavy (non-hydrogen) atoms. The topological polar surface area (TPSA) is 63.3 Å². The van der Waals surface area contributed by atoms with Crippen LogP contribution in [0.2, 0.25) is 0 Å². The third-order valence-electron chi connectivity index (χ3n) is 1.35. The third kappa shape index (κ3) is 1.63. The smallest absolute Gasteiger partial charge is 0.437 e. The van der Waals surface area contributed by atoms with Crippen molar-refractivity contribution in [2.45, 2.75) is 13.1 Å². The summed E-state index contributed by atoms with van der Waals surface area (Å²) in [7, 11) is 0. The molecule has 1 N–H and O–H groups in total. The molecular formula is C6H4F3NO3. The Morgan fingerprint density at radius 1 is 1.54 bits per heavy atom.